The Balaban J connectivity index is 1.59. The zero-order valence-electron chi connectivity index (χ0n) is 15.9. The molecule has 1 N–H and O–H groups in total. The highest BCUT2D eigenvalue weighted by atomic mass is 16.5. The van der Waals surface area contributed by atoms with Crippen LogP contribution in [0.3, 0.4) is 0 Å². The molecule has 0 aromatic carbocycles. The van der Waals surface area contributed by atoms with Crippen molar-refractivity contribution in [2.24, 2.45) is 5.92 Å². The zero-order chi connectivity index (χ0) is 20.0. The standard InChI is InChI=1S/C20H19N7O2/c1-13-7-20(8-13,3-4-21)27-10-14(9-23-27)19-18-2-5-22-26(18)11-17(24-19)16-6-15(12-28)29-25-16/h2,5-6,9-11,13,28H,3,7-8,12H2,1H3. The molecule has 1 saturated carbocycles. The fraction of sp³-hybridized carbons (Fsp3) is 0.350. The molecule has 0 unspecified atom stereocenters. The van der Waals surface area contributed by atoms with Crippen molar-refractivity contribution < 1.29 is 9.63 Å². The third-order valence-corrected chi connectivity index (χ3v) is 5.57. The minimum atomic E-state index is -0.233. The first-order valence-electron chi connectivity index (χ1n) is 9.45. The molecule has 0 saturated heterocycles. The lowest BCUT2D eigenvalue weighted by atomic mass is 9.67. The van der Waals surface area contributed by atoms with Crippen molar-refractivity contribution in [1.82, 2.24) is 29.5 Å². The monoisotopic (exact) mass is 389 g/mol. The Morgan fingerprint density at radius 2 is 2.17 bits per heavy atom. The van der Waals surface area contributed by atoms with Crippen molar-refractivity contribution in [3.8, 4) is 28.7 Å². The van der Waals surface area contributed by atoms with E-state index < -0.39 is 0 Å². The van der Waals surface area contributed by atoms with E-state index in [-0.39, 0.29) is 12.1 Å². The van der Waals surface area contributed by atoms with Crippen LogP contribution in [0.2, 0.25) is 0 Å². The van der Waals surface area contributed by atoms with Gasteiger partial charge in [-0.1, -0.05) is 12.1 Å². The second-order valence-electron chi connectivity index (χ2n) is 7.72. The summed E-state index contributed by atoms with van der Waals surface area (Å²) in [5.41, 5.74) is 3.28. The normalized spacial score (nSPS) is 21.2. The molecule has 1 aliphatic carbocycles. The maximum absolute atomic E-state index is 9.29. The van der Waals surface area contributed by atoms with Gasteiger partial charge in [0.1, 0.15) is 18.0 Å². The summed E-state index contributed by atoms with van der Waals surface area (Å²) in [6, 6.07) is 5.86. The number of hydrogen-bond donors (Lipinski definition) is 1. The van der Waals surface area contributed by atoms with Crippen LogP contribution in [-0.2, 0) is 12.1 Å². The maximum atomic E-state index is 9.29. The van der Waals surface area contributed by atoms with Crippen LogP contribution in [0.15, 0.2) is 41.4 Å². The SMILES string of the molecule is CC1CC(CC#N)(n2cc(-c3nc(-c4cc(CO)on4)cn4nccc34)cn2)C1. The lowest BCUT2D eigenvalue weighted by Crippen LogP contribution is -2.45. The Kier molecular flexibility index (Phi) is 3.96. The molecule has 0 aliphatic heterocycles. The van der Waals surface area contributed by atoms with E-state index in [2.05, 4.69) is 28.3 Å². The fourth-order valence-corrected chi connectivity index (χ4v) is 4.27. The van der Waals surface area contributed by atoms with Crippen LogP contribution in [0.25, 0.3) is 28.2 Å². The van der Waals surface area contributed by atoms with Gasteiger partial charge in [0.15, 0.2) is 5.76 Å². The Morgan fingerprint density at radius 1 is 1.31 bits per heavy atom. The fourth-order valence-electron chi connectivity index (χ4n) is 4.27. The molecular weight excluding hydrogens is 370 g/mol. The van der Waals surface area contributed by atoms with Gasteiger partial charge in [-0.3, -0.25) is 4.68 Å². The van der Waals surface area contributed by atoms with Gasteiger partial charge >= 0.3 is 0 Å². The zero-order valence-corrected chi connectivity index (χ0v) is 15.9. The largest absolute Gasteiger partial charge is 0.388 e. The molecule has 0 spiro atoms. The molecule has 0 atom stereocenters. The summed E-state index contributed by atoms with van der Waals surface area (Å²) in [7, 11) is 0. The molecule has 4 aromatic rings. The smallest absolute Gasteiger partial charge is 0.162 e. The Bertz CT molecular complexity index is 1220. The highest BCUT2D eigenvalue weighted by Crippen LogP contribution is 2.46. The Hall–Kier alpha value is -3.51. The highest BCUT2D eigenvalue weighted by molar-refractivity contribution is 5.77. The van der Waals surface area contributed by atoms with Gasteiger partial charge in [-0.25, -0.2) is 9.50 Å². The van der Waals surface area contributed by atoms with Crippen molar-refractivity contribution in [1.29, 1.82) is 5.26 Å². The molecule has 0 bridgehead atoms. The van der Waals surface area contributed by atoms with Gasteiger partial charge < -0.3 is 9.63 Å². The van der Waals surface area contributed by atoms with Crippen molar-refractivity contribution in [2.45, 2.75) is 38.3 Å². The molecule has 0 radical (unpaired) electrons. The summed E-state index contributed by atoms with van der Waals surface area (Å²) in [5.74, 6) is 0.959. The molecule has 1 aliphatic rings. The minimum absolute atomic E-state index is 0.226. The maximum Gasteiger partial charge on any atom is 0.162 e. The molecule has 5 rings (SSSR count). The van der Waals surface area contributed by atoms with Crippen molar-refractivity contribution in [2.75, 3.05) is 0 Å². The summed E-state index contributed by atoms with van der Waals surface area (Å²) >= 11 is 0. The van der Waals surface area contributed by atoms with E-state index in [0.29, 0.717) is 29.5 Å². The predicted molar refractivity (Wildman–Crippen MR) is 102 cm³/mol. The van der Waals surface area contributed by atoms with Gasteiger partial charge in [0.2, 0.25) is 0 Å². The van der Waals surface area contributed by atoms with Crippen LogP contribution in [0.5, 0.6) is 0 Å². The number of rotatable bonds is 5. The average Bonchev–Trinajstić information content (AvgIpc) is 3.45. The quantitative estimate of drug-likeness (QED) is 0.557. The number of nitrogens with zero attached hydrogens (tertiary/aromatic N) is 7. The molecule has 1 fully saturated rings. The van der Waals surface area contributed by atoms with E-state index in [9.17, 15) is 10.4 Å². The van der Waals surface area contributed by atoms with E-state index in [0.717, 1.165) is 29.6 Å². The summed E-state index contributed by atoms with van der Waals surface area (Å²) in [4.78, 5) is 4.78. The molecule has 4 heterocycles. The number of nitriles is 1. The molecule has 0 amide bonds. The first kappa shape index (κ1) is 17.6. The number of aliphatic hydroxyl groups is 1. The highest BCUT2D eigenvalue weighted by Gasteiger charge is 2.44. The average molecular weight is 389 g/mol. The number of fused-ring (bicyclic) bond motifs is 1. The van der Waals surface area contributed by atoms with Crippen LogP contribution in [0.4, 0.5) is 0 Å². The van der Waals surface area contributed by atoms with Crippen LogP contribution in [-0.4, -0.2) is 34.6 Å². The predicted octanol–water partition coefficient (Wildman–Crippen LogP) is 2.78. The van der Waals surface area contributed by atoms with Gasteiger partial charge in [0.05, 0.1) is 47.8 Å². The summed E-state index contributed by atoms with van der Waals surface area (Å²) < 4.78 is 8.76. The lowest BCUT2D eigenvalue weighted by molar-refractivity contribution is 0.0682. The van der Waals surface area contributed by atoms with Crippen molar-refractivity contribution in [3.63, 3.8) is 0 Å². The first-order valence-corrected chi connectivity index (χ1v) is 9.45. The minimum Gasteiger partial charge on any atom is -0.388 e. The van der Waals surface area contributed by atoms with Crippen LogP contribution in [0, 0.1) is 17.2 Å². The van der Waals surface area contributed by atoms with E-state index >= 15 is 0 Å². The second kappa shape index (κ2) is 6.53. The van der Waals surface area contributed by atoms with Gasteiger partial charge in [0.25, 0.3) is 0 Å². The molecule has 146 valence electrons. The van der Waals surface area contributed by atoms with Gasteiger partial charge in [-0.15, -0.1) is 0 Å². The second-order valence-corrected chi connectivity index (χ2v) is 7.72. The Morgan fingerprint density at radius 3 is 2.90 bits per heavy atom. The third-order valence-electron chi connectivity index (χ3n) is 5.57. The van der Waals surface area contributed by atoms with Crippen LogP contribution in [0.1, 0.15) is 31.9 Å². The van der Waals surface area contributed by atoms with E-state index in [1.807, 2.05) is 16.9 Å². The molecule has 4 aromatic heterocycles. The summed E-state index contributed by atoms with van der Waals surface area (Å²) in [5, 5.41) is 31.4. The molecule has 9 nitrogen and oxygen atoms in total. The van der Waals surface area contributed by atoms with Crippen LogP contribution < -0.4 is 0 Å². The topological polar surface area (TPSA) is 118 Å². The van der Waals surface area contributed by atoms with Gasteiger partial charge in [-0.2, -0.15) is 15.5 Å². The van der Waals surface area contributed by atoms with Gasteiger partial charge in [0, 0.05) is 17.8 Å². The van der Waals surface area contributed by atoms with E-state index in [1.54, 1.807) is 29.2 Å². The van der Waals surface area contributed by atoms with Crippen LogP contribution >= 0.6 is 0 Å². The van der Waals surface area contributed by atoms with E-state index in [1.165, 1.54) is 0 Å². The van der Waals surface area contributed by atoms with Crippen molar-refractivity contribution >= 4 is 5.52 Å². The summed E-state index contributed by atoms with van der Waals surface area (Å²) in [6.07, 6.45) is 9.55. The lowest BCUT2D eigenvalue weighted by Gasteiger charge is -2.45. The van der Waals surface area contributed by atoms with Crippen molar-refractivity contribution in [3.05, 3.63) is 42.7 Å². The Labute approximate surface area is 166 Å². The molecular formula is C20H19N7O2. The first-order chi connectivity index (χ1) is 14.1. The molecule has 29 heavy (non-hydrogen) atoms. The number of hydrogen-bond acceptors (Lipinski definition) is 7. The number of aliphatic hydroxyl groups excluding tert-OH is 1. The van der Waals surface area contributed by atoms with E-state index in [4.69, 9.17) is 9.51 Å². The molecule has 9 heteroatoms. The number of aromatic nitrogens is 6. The summed E-state index contributed by atoms with van der Waals surface area (Å²) in [6.45, 7) is 1.97. The third kappa shape index (κ3) is 2.80. The van der Waals surface area contributed by atoms with Gasteiger partial charge in [-0.05, 0) is 24.8 Å².